The van der Waals surface area contributed by atoms with E-state index in [1.165, 1.54) is 6.42 Å². The summed E-state index contributed by atoms with van der Waals surface area (Å²) in [6.07, 6.45) is 2.62. The lowest BCUT2D eigenvalue weighted by molar-refractivity contribution is -0.134. The van der Waals surface area contributed by atoms with Gasteiger partial charge in [0.05, 0.1) is 12.6 Å². The number of hydrogen-bond donors (Lipinski definition) is 0. The molecule has 146 valence electrons. The van der Waals surface area contributed by atoms with Crippen molar-refractivity contribution in [3.63, 3.8) is 0 Å². The van der Waals surface area contributed by atoms with Gasteiger partial charge in [0.1, 0.15) is 0 Å². The Hall–Kier alpha value is -0.690. The van der Waals surface area contributed by atoms with Gasteiger partial charge in [-0.15, -0.1) is 0 Å². The summed E-state index contributed by atoms with van der Waals surface area (Å²) in [4.78, 5) is 21.9. The van der Waals surface area contributed by atoms with E-state index in [0.717, 1.165) is 78.5 Å². The van der Waals surface area contributed by atoms with E-state index in [1.807, 2.05) is 0 Å². The predicted octanol–water partition coefficient (Wildman–Crippen LogP) is 0.973. The first-order valence-corrected chi connectivity index (χ1v) is 10.1. The first-order valence-electron chi connectivity index (χ1n) is 10.1. The fourth-order valence-electron chi connectivity index (χ4n) is 3.61. The zero-order chi connectivity index (χ0) is 18.1. The van der Waals surface area contributed by atoms with E-state index in [0.29, 0.717) is 18.6 Å². The maximum Gasteiger partial charge on any atom is 0.236 e. The average Bonchev–Trinajstić information content (AvgIpc) is 2.61. The molecule has 25 heavy (non-hydrogen) atoms. The molecule has 0 aromatic rings. The van der Waals surface area contributed by atoms with E-state index < -0.39 is 0 Å². The number of amides is 1. The molecule has 2 rings (SSSR count). The molecule has 0 aromatic heterocycles. The van der Waals surface area contributed by atoms with Crippen molar-refractivity contribution in [2.24, 2.45) is 0 Å². The first kappa shape index (κ1) is 20.6. The number of ether oxygens (including phenoxy) is 1. The molecule has 0 aliphatic carbocycles. The molecular weight excluding hydrogens is 316 g/mol. The standard InChI is InChI=1S/C19H38N4O2/c1-4-6-20-12-14-23(15-13-20)19(24)17-22-10-8-21(9-11-22)7-5-16-25-18(2)3/h18H,4-17H2,1-3H3. The molecule has 0 spiro atoms. The molecule has 1 amide bonds. The number of rotatable bonds is 9. The summed E-state index contributed by atoms with van der Waals surface area (Å²) >= 11 is 0. The van der Waals surface area contributed by atoms with Crippen LogP contribution in [0.3, 0.4) is 0 Å². The Morgan fingerprint density at radius 1 is 0.880 bits per heavy atom. The maximum atomic E-state index is 12.5. The highest BCUT2D eigenvalue weighted by molar-refractivity contribution is 5.78. The maximum absolute atomic E-state index is 12.5. The number of hydrogen-bond acceptors (Lipinski definition) is 5. The van der Waals surface area contributed by atoms with Gasteiger partial charge in [0.25, 0.3) is 0 Å². The minimum Gasteiger partial charge on any atom is -0.379 e. The van der Waals surface area contributed by atoms with Crippen LogP contribution in [0.25, 0.3) is 0 Å². The lowest BCUT2D eigenvalue weighted by Crippen LogP contribution is -2.53. The molecule has 0 radical (unpaired) electrons. The van der Waals surface area contributed by atoms with Crippen molar-refractivity contribution in [2.45, 2.75) is 39.7 Å². The molecule has 0 aromatic carbocycles. The summed E-state index contributed by atoms with van der Waals surface area (Å²) in [5.74, 6) is 0.315. The highest BCUT2D eigenvalue weighted by Gasteiger charge is 2.24. The topological polar surface area (TPSA) is 39.3 Å². The summed E-state index contributed by atoms with van der Waals surface area (Å²) in [7, 11) is 0. The van der Waals surface area contributed by atoms with Crippen molar-refractivity contribution >= 4 is 5.91 Å². The Balaban J connectivity index is 1.58. The van der Waals surface area contributed by atoms with Gasteiger partial charge in [-0.3, -0.25) is 14.6 Å². The monoisotopic (exact) mass is 354 g/mol. The molecule has 2 aliphatic heterocycles. The molecular formula is C19H38N4O2. The number of carbonyl (C=O) groups is 1. The molecule has 2 saturated heterocycles. The third kappa shape index (κ3) is 7.60. The third-order valence-corrected chi connectivity index (χ3v) is 5.16. The van der Waals surface area contributed by atoms with Crippen LogP contribution < -0.4 is 0 Å². The number of nitrogens with zero attached hydrogens (tertiary/aromatic N) is 4. The highest BCUT2D eigenvalue weighted by Crippen LogP contribution is 2.07. The van der Waals surface area contributed by atoms with E-state index >= 15 is 0 Å². The molecule has 6 nitrogen and oxygen atoms in total. The molecule has 2 fully saturated rings. The lowest BCUT2D eigenvalue weighted by Gasteiger charge is -2.38. The van der Waals surface area contributed by atoms with Crippen molar-refractivity contribution in [2.75, 3.05) is 78.6 Å². The summed E-state index contributed by atoms with van der Waals surface area (Å²) in [6, 6.07) is 0. The van der Waals surface area contributed by atoms with Crippen LogP contribution in [0.4, 0.5) is 0 Å². The van der Waals surface area contributed by atoms with Crippen LogP contribution in [-0.4, -0.2) is 110 Å². The first-order chi connectivity index (χ1) is 12.1. The van der Waals surface area contributed by atoms with Crippen LogP contribution in [0.2, 0.25) is 0 Å². The summed E-state index contributed by atoms with van der Waals surface area (Å²) in [5.41, 5.74) is 0. The van der Waals surface area contributed by atoms with Crippen molar-refractivity contribution in [3.05, 3.63) is 0 Å². The van der Waals surface area contributed by atoms with Gasteiger partial charge in [0.15, 0.2) is 0 Å². The number of piperazine rings is 2. The SMILES string of the molecule is CCCN1CCN(C(=O)CN2CCN(CCCOC(C)C)CC2)CC1. The van der Waals surface area contributed by atoms with Crippen molar-refractivity contribution < 1.29 is 9.53 Å². The van der Waals surface area contributed by atoms with Crippen LogP contribution in [0, 0.1) is 0 Å². The normalized spacial score (nSPS) is 21.2. The van der Waals surface area contributed by atoms with Gasteiger partial charge < -0.3 is 14.5 Å². The molecule has 0 N–H and O–H groups in total. The van der Waals surface area contributed by atoms with E-state index in [1.54, 1.807) is 0 Å². The fourth-order valence-corrected chi connectivity index (χ4v) is 3.61. The van der Waals surface area contributed by atoms with Crippen LogP contribution in [0.5, 0.6) is 0 Å². The second-order valence-electron chi connectivity index (χ2n) is 7.61. The quantitative estimate of drug-likeness (QED) is 0.577. The molecule has 0 unspecified atom stereocenters. The zero-order valence-electron chi connectivity index (χ0n) is 16.6. The van der Waals surface area contributed by atoms with Crippen molar-refractivity contribution in [1.29, 1.82) is 0 Å². The Bertz CT molecular complexity index is 376. The molecule has 6 heteroatoms. The van der Waals surface area contributed by atoms with Gasteiger partial charge in [-0.2, -0.15) is 0 Å². The molecule has 2 heterocycles. The Morgan fingerprint density at radius 2 is 1.44 bits per heavy atom. The van der Waals surface area contributed by atoms with Gasteiger partial charge >= 0.3 is 0 Å². The van der Waals surface area contributed by atoms with E-state index in [2.05, 4.69) is 40.4 Å². The Morgan fingerprint density at radius 3 is 2.04 bits per heavy atom. The van der Waals surface area contributed by atoms with Crippen LogP contribution >= 0.6 is 0 Å². The smallest absolute Gasteiger partial charge is 0.236 e. The summed E-state index contributed by atoms with van der Waals surface area (Å²) < 4.78 is 5.61. The number of carbonyl (C=O) groups excluding carboxylic acids is 1. The van der Waals surface area contributed by atoms with Crippen molar-refractivity contribution in [3.8, 4) is 0 Å². The fraction of sp³-hybridized carbons (Fsp3) is 0.947. The van der Waals surface area contributed by atoms with Crippen LogP contribution in [-0.2, 0) is 9.53 Å². The van der Waals surface area contributed by atoms with E-state index in [4.69, 9.17) is 4.74 Å². The van der Waals surface area contributed by atoms with E-state index in [-0.39, 0.29) is 0 Å². The average molecular weight is 355 g/mol. The third-order valence-electron chi connectivity index (χ3n) is 5.16. The molecule has 0 bridgehead atoms. The highest BCUT2D eigenvalue weighted by atomic mass is 16.5. The Labute approximate surface area is 154 Å². The molecule has 2 aliphatic rings. The van der Waals surface area contributed by atoms with Gasteiger partial charge in [-0.05, 0) is 33.2 Å². The Kier molecular flexibility index (Phi) is 9.17. The largest absolute Gasteiger partial charge is 0.379 e. The zero-order valence-corrected chi connectivity index (χ0v) is 16.6. The van der Waals surface area contributed by atoms with E-state index in [9.17, 15) is 4.79 Å². The minimum atomic E-state index is 0.315. The minimum absolute atomic E-state index is 0.315. The predicted molar refractivity (Wildman–Crippen MR) is 102 cm³/mol. The second-order valence-corrected chi connectivity index (χ2v) is 7.61. The van der Waals surface area contributed by atoms with Gasteiger partial charge in [0, 0.05) is 65.5 Å². The van der Waals surface area contributed by atoms with Crippen LogP contribution in [0.15, 0.2) is 0 Å². The van der Waals surface area contributed by atoms with Gasteiger partial charge in [-0.25, -0.2) is 0 Å². The second kappa shape index (κ2) is 11.1. The lowest BCUT2D eigenvalue weighted by atomic mass is 10.2. The molecule has 0 saturated carbocycles. The van der Waals surface area contributed by atoms with Gasteiger partial charge in [0.2, 0.25) is 5.91 Å². The van der Waals surface area contributed by atoms with Gasteiger partial charge in [-0.1, -0.05) is 6.92 Å². The van der Waals surface area contributed by atoms with Crippen molar-refractivity contribution in [1.82, 2.24) is 19.6 Å². The molecule has 0 atom stereocenters. The summed E-state index contributed by atoms with van der Waals surface area (Å²) in [6.45, 7) is 18.1. The van der Waals surface area contributed by atoms with Crippen LogP contribution in [0.1, 0.15) is 33.6 Å². The summed E-state index contributed by atoms with van der Waals surface area (Å²) in [5, 5.41) is 0.